The van der Waals surface area contributed by atoms with E-state index in [1.165, 1.54) is 62.5 Å². The lowest BCUT2D eigenvalue weighted by Crippen LogP contribution is -2.62. The first kappa shape index (κ1) is 102. The smallest absolute Gasteiger partial charge is 0.248 e. The van der Waals surface area contributed by atoms with E-state index in [-0.39, 0.29) is 93.9 Å². The van der Waals surface area contributed by atoms with Crippen LogP contribution in [0.1, 0.15) is 93.5 Å². The van der Waals surface area contributed by atoms with Crippen LogP contribution >= 0.6 is 23.5 Å². The number of likely N-dealkylation sites (N-methyl/N-ethyl adjacent to an activating group) is 3. The van der Waals surface area contributed by atoms with Gasteiger partial charge in [-0.2, -0.15) is 11.8 Å². The summed E-state index contributed by atoms with van der Waals surface area (Å²) in [6, 6.07) is 0.406. The summed E-state index contributed by atoms with van der Waals surface area (Å²) >= 11 is 2.19. The number of aromatic nitrogens is 4. The summed E-state index contributed by atoms with van der Waals surface area (Å²) in [6.07, 6.45) is 5.57. The van der Waals surface area contributed by atoms with Crippen molar-refractivity contribution >= 4 is 146 Å². The molecule has 27 N–H and O–H groups in total. The van der Waals surface area contributed by atoms with Crippen LogP contribution in [0.4, 0.5) is 0 Å². The number of benzene rings is 3. The van der Waals surface area contributed by atoms with Crippen LogP contribution in [0, 0.1) is 5.41 Å². The number of rotatable bonds is 51. The van der Waals surface area contributed by atoms with Crippen molar-refractivity contribution in [2.45, 2.75) is 181 Å². The van der Waals surface area contributed by atoms with Gasteiger partial charge in [0.05, 0.1) is 50.4 Å². The topological polar surface area (TPSA) is 688 Å². The molecular weight excluding hydrogens is 1730 g/mol. The largest absolute Gasteiger partial charge is 0.508 e. The monoisotopic (exact) mass is 1850 g/mol. The molecule has 8 rings (SSSR count). The van der Waals surface area contributed by atoms with Gasteiger partial charge < -0.3 is 136 Å². The molecule has 14 atom stereocenters. The van der Waals surface area contributed by atoms with E-state index in [0.29, 0.717) is 63.5 Å². The maximum absolute atomic E-state index is 15.7. The Morgan fingerprint density at radius 2 is 1.16 bits per heavy atom. The van der Waals surface area contributed by atoms with Crippen molar-refractivity contribution in [3.63, 3.8) is 0 Å². The maximum atomic E-state index is 15.7. The molecule has 130 heavy (non-hydrogen) atoms. The quantitative estimate of drug-likeness (QED) is 0.00961. The third kappa shape index (κ3) is 29.3. The van der Waals surface area contributed by atoms with E-state index in [4.69, 9.17) is 28.3 Å². The molecule has 1 unspecified atom stereocenters. The van der Waals surface area contributed by atoms with Crippen LogP contribution in [-0.4, -0.2) is 329 Å². The predicted molar refractivity (Wildman–Crippen MR) is 479 cm³/mol. The molecule has 2 saturated heterocycles. The Labute approximate surface area is 756 Å². The highest BCUT2D eigenvalue weighted by molar-refractivity contribution is 8.00. The molecule has 2 aliphatic heterocycles. The second-order valence-corrected chi connectivity index (χ2v) is 33.7. The zero-order chi connectivity index (χ0) is 95.0. The van der Waals surface area contributed by atoms with Gasteiger partial charge in [-0.3, -0.25) is 82.1 Å². The molecule has 2 fully saturated rings. The maximum Gasteiger partial charge on any atom is 0.248 e. The van der Waals surface area contributed by atoms with E-state index >= 15 is 24.0 Å². The Kier molecular flexibility index (Phi) is 39.5. The van der Waals surface area contributed by atoms with Crippen LogP contribution in [0.5, 0.6) is 5.75 Å². The number of carbonyl (C=O) groups excluding carboxylic acids is 16. The van der Waals surface area contributed by atoms with Crippen molar-refractivity contribution in [2.24, 2.45) is 22.9 Å². The van der Waals surface area contributed by atoms with Crippen LogP contribution in [-0.2, 0) is 102 Å². The van der Waals surface area contributed by atoms with Crippen LogP contribution < -0.4 is 81.4 Å². The third-order valence-corrected chi connectivity index (χ3v) is 23.9. The van der Waals surface area contributed by atoms with E-state index in [9.17, 15) is 73.2 Å². The number of hydrogen-bond donors (Lipinski definition) is 23. The minimum atomic E-state index is -1.91. The number of nitrogens with two attached hydrogens (primary N) is 4. The number of para-hydroxylation sites is 2. The zero-order valence-electron chi connectivity index (χ0n) is 72.8. The number of guanidine groups is 1. The minimum absolute atomic E-state index is 0.0154. The Morgan fingerprint density at radius 3 is 1.75 bits per heavy atom. The molecule has 5 heterocycles. The number of unbranched alkanes of at least 4 members (excludes halogenated alkanes) is 1. The number of primary amides is 2. The Morgan fingerprint density at radius 1 is 0.592 bits per heavy atom. The summed E-state index contributed by atoms with van der Waals surface area (Å²) in [5.74, 6) is -15.1. The van der Waals surface area contributed by atoms with Gasteiger partial charge in [-0.1, -0.05) is 68.3 Å². The molecule has 3 aromatic carbocycles. The molecule has 46 heteroatoms. The lowest BCUT2D eigenvalue weighted by atomic mass is 10.0. The molecule has 0 radical (unpaired) electrons. The number of β-amino-alcohol motifs (C(OH)–C–C–N with tert-alkyl or cyclic N) is 1. The van der Waals surface area contributed by atoms with Gasteiger partial charge in [-0.05, 0) is 91.5 Å². The van der Waals surface area contributed by atoms with Crippen LogP contribution in [0.15, 0.2) is 97.7 Å². The van der Waals surface area contributed by atoms with Crippen molar-refractivity contribution in [2.75, 3.05) is 84.1 Å². The van der Waals surface area contributed by atoms with Crippen molar-refractivity contribution in [1.82, 2.24) is 98.0 Å². The Hall–Kier alpha value is -12.9. The van der Waals surface area contributed by atoms with E-state index in [0.717, 1.165) is 26.5 Å². The van der Waals surface area contributed by atoms with Crippen LogP contribution in [0.3, 0.4) is 0 Å². The summed E-state index contributed by atoms with van der Waals surface area (Å²) in [6.45, 7) is -1.47. The fraction of sp³-hybridized carbons (Fsp3) is 0.500. The highest BCUT2D eigenvalue weighted by Crippen LogP contribution is 2.27. The second kappa shape index (κ2) is 50.2. The van der Waals surface area contributed by atoms with Gasteiger partial charge in [-0.15, -0.1) is 11.8 Å². The highest BCUT2D eigenvalue weighted by atomic mass is 32.2. The number of imidazole rings is 1. The average Bonchev–Trinajstić information content (AvgIpc) is 1.52. The van der Waals surface area contributed by atoms with E-state index in [1.54, 1.807) is 79.3 Å². The van der Waals surface area contributed by atoms with Gasteiger partial charge in [0.15, 0.2) is 5.96 Å². The van der Waals surface area contributed by atoms with Gasteiger partial charge in [0.2, 0.25) is 94.5 Å². The van der Waals surface area contributed by atoms with Gasteiger partial charge >= 0.3 is 0 Å². The average molecular weight is 1850 g/mol. The number of aromatic hydroxyl groups is 1. The molecule has 16 amide bonds. The Bertz CT molecular complexity index is 4960. The number of likely N-dealkylation sites (tertiary alicyclic amines) is 2. The van der Waals surface area contributed by atoms with Gasteiger partial charge in [-0.25, -0.2) is 4.98 Å². The summed E-state index contributed by atoms with van der Waals surface area (Å²) < 4.78 is 0. The number of aliphatic hydroxyl groups is 3. The molecular formula is C84H118N24O20S2. The molecule has 3 aromatic heterocycles. The third-order valence-electron chi connectivity index (χ3n) is 22.2. The standard InChI is InChI=1S/C84H118N24O20S2/c1-6-7-19-66(83(128)105(3)64(25-28-129-5)77(122)98-56(18-12-26-92-84(88)89)73(118)104-63(72(117)95-38-69(87)114)42-130-43-70(115)97-57(71(116)90-2)29-45-21-23-49(111)24-22-45)106(4)81(126)60(31-47-36-94-55-17-11-9-15-52(47)55)101-76(121)61(40-109)102-74(119)58(30-46-35-93-54-16-10-8-14-51(46)54)99-79(124)67-33-50(112)39-108(67)82(127)62(41-110)103-75(120)59(32-48-37-91-44-96-48)100-78(123)65-20-13-27-107(65)80(125)53(85)34-68(86)113/h8-11,14-17,21-24,35-37,44,50,53,56-67,93-94,109-112H,6-7,12-13,18-20,25-34,38-43,85H2,1-5H3,(H2,86,113)(H2,87,114)(H,90,116)(H,91,96)(H,95,117)(H,97,115)(H,98,122)(H,99,124)(H,100,123)(H,101,121)(H,102,119)(H,103,120)(H,104,118)(H4,88,89,92)/t50-,53+,56+,57+,58+,59+,60+,61+,62+,63?,64+,65+,66+,67+/m1/s1. The lowest BCUT2D eigenvalue weighted by molar-refractivity contribution is -0.149. The van der Waals surface area contributed by atoms with E-state index < -0.39 is 224 Å². The zero-order valence-corrected chi connectivity index (χ0v) is 74.4. The molecule has 0 bridgehead atoms. The summed E-state index contributed by atoms with van der Waals surface area (Å²) in [4.78, 5) is 244. The molecule has 0 saturated carbocycles. The molecule has 0 aliphatic carbocycles. The number of aromatic amines is 3. The summed E-state index contributed by atoms with van der Waals surface area (Å²) in [7, 11) is 4.04. The molecule has 6 aromatic rings. The van der Waals surface area contributed by atoms with Crippen LogP contribution in [0.2, 0.25) is 0 Å². The number of H-pyrrole nitrogens is 3. The number of phenols is 1. The summed E-state index contributed by atoms with van der Waals surface area (Å²) in [5.41, 5.74) is 25.3. The van der Waals surface area contributed by atoms with Gasteiger partial charge in [0.25, 0.3) is 0 Å². The van der Waals surface area contributed by atoms with Crippen molar-refractivity contribution in [1.29, 1.82) is 5.41 Å². The molecule has 706 valence electrons. The highest BCUT2D eigenvalue weighted by Gasteiger charge is 2.46. The number of nitrogens with one attached hydrogen (secondary N) is 15. The SMILES string of the molecule is CCCC[C@@H](C(=O)N(C)[C@@H](CCSC)C(=O)N[C@@H](CCCNC(=N)N)C(=O)NC(CSCC(=O)N[C@@H](Cc1ccc(O)cc1)C(=O)NC)C(=O)NCC(N)=O)N(C)C(=O)[C@H](Cc1c[nH]c2ccccc12)NC(=O)[C@H](CO)NC(=O)[C@H](Cc1c[nH]c2ccccc12)NC(=O)[C@@H]1C[C@@H](O)CN1C(=O)[C@H](CO)NC(=O)[C@H](Cc1cnc[nH]1)NC(=O)[C@@H]1CCCN1C(=O)[C@@H](N)CC(N)=O. The Balaban J connectivity index is 1.02. The minimum Gasteiger partial charge on any atom is -0.508 e. The normalized spacial score (nSPS) is 16.7. The first-order valence-corrected chi connectivity index (χ1v) is 44.9. The fourth-order valence-electron chi connectivity index (χ4n) is 15.3. The van der Waals surface area contributed by atoms with Crippen molar-refractivity contribution in [3.8, 4) is 5.75 Å². The molecule has 44 nitrogen and oxygen atoms in total. The lowest BCUT2D eigenvalue weighted by Gasteiger charge is -2.36. The number of hydrogen-bond acceptors (Lipinski definition) is 25. The molecule has 0 spiro atoms. The molecule has 2 aliphatic rings. The van der Waals surface area contributed by atoms with Crippen LogP contribution in [0.25, 0.3) is 21.8 Å². The fourth-order valence-corrected chi connectivity index (χ4v) is 16.6. The predicted octanol–water partition coefficient (Wildman–Crippen LogP) is -5.69. The van der Waals surface area contributed by atoms with E-state index in [2.05, 4.69) is 78.4 Å². The number of aliphatic hydroxyl groups excluding tert-OH is 3. The first-order valence-electron chi connectivity index (χ1n) is 42.4. The van der Waals surface area contributed by atoms with Gasteiger partial charge in [0, 0.05) is 125 Å². The summed E-state index contributed by atoms with van der Waals surface area (Å²) in [5, 5.41) is 80.4. The first-order chi connectivity index (χ1) is 62.1. The number of thioether (sulfide) groups is 2. The second-order valence-electron chi connectivity index (χ2n) is 31.7. The number of fused-ring (bicyclic) bond motifs is 2. The van der Waals surface area contributed by atoms with Crippen molar-refractivity contribution in [3.05, 3.63) is 120 Å². The number of nitrogens with zero attached hydrogens (tertiary/aromatic N) is 5. The van der Waals surface area contributed by atoms with Gasteiger partial charge in [0.1, 0.15) is 78.3 Å². The number of amides is 16. The number of phenolic OH excluding ortho intramolecular Hbond substituents is 1. The number of carbonyl (C=O) groups is 16. The van der Waals surface area contributed by atoms with E-state index in [1.807, 2.05) is 6.92 Å². The van der Waals surface area contributed by atoms with Crippen molar-refractivity contribution < 1.29 is 97.1 Å².